The number of anilines is 1. The maximum Gasteiger partial charge on any atom is 0.225 e. The van der Waals surface area contributed by atoms with Gasteiger partial charge >= 0.3 is 0 Å². The fourth-order valence-corrected chi connectivity index (χ4v) is 2.37. The summed E-state index contributed by atoms with van der Waals surface area (Å²) in [5.74, 6) is 0.684. The van der Waals surface area contributed by atoms with Crippen molar-refractivity contribution in [2.45, 2.75) is 51.7 Å². The van der Waals surface area contributed by atoms with Crippen molar-refractivity contribution >= 4 is 5.95 Å². The molecule has 0 atom stereocenters. The summed E-state index contributed by atoms with van der Waals surface area (Å²) in [7, 11) is 1.73. The Labute approximate surface area is 152 Å². The zero-order chi connectivity index (χ0) is 18.9. The summed E-state index contributed by atoms with van der Waals surface area (Å²) < 4.78 is 11.5. The van der Waals surface area contributed by atoms with Crippen LogP contribution in [0.25, 0.3) is 0 Å². The summed E-state index contributed by atoms with van der Waals surface area (Å²) in [6, 6.07) is 0. The molecule has 0 spiro atoms. The highest BCUT2D eigenvalue weighted by atomic mass is 16.5. The fourth-order valence-electron chi connectivity index (χ4n) is 2.37. The molecule has 0 unspecified atom stereocenters. The summed E-state index contributed by atoms with van der Waals surface area (Å²) in [6.45, 7) is 17.9. The first-order valence-electron chi connectivity index (χ1n) is 8.70. The van der Waals surface area contributed by atoms with E-state index in [9.17, 15) is 0 Å². The lowest BCUT2D eigenvalue weighted by atomic mass is 10.00. The van der Waals surface area contributed by atoms with Crippen molar-refractivity contribution in [1.82, 2.24) is 9.97 Å². The van der Waals surface area contributed by atoms with E-state index in [1.807, 2.05) is 29.4 Å². The standard InChI is InChI=1S/C20H33N3O2/c1-8-11-23(12-9-2)18-21-15-17(16-22-18)14-20(5,6)25-13-10-19(3,4)24-7/h8-9,15-16H,1-2,10-14H2,3-7H3. The van der Waals surface area contributed by atoms with Crippen molar-refractivity contribution in [2.75, 3.05) is 31.7 Å². The maximum absolute atomic E-state index is 6.05. The van der Waals surface area contributed by atoms with Gasteiger partial charge in [0.1, 0.15) is 0 Å². The second-order valence-corrected chi connectivity index (χ2v) is 7.37. The topological polar surface area (TPSA) is 47.5 Å². The minimum Gasteiger partial charge on any atom is -0.379 e. The third-order valence-electron chi connectivity index (χ3n) is 4.05. The molecule has 0 aliphatic heterocycles. The Bertz CT molecular complexity index is 528. The highest BCUT2D eigenvalue weighted by molar-refractivity contribution is 5.32. The fraction of sp³-hybridized carbons (Fsp3) is 0.600. The van der Waals surface area contributed by atoms with Crippen molar-refractivity contribution in [3.05, 3.63) is 43.3 Å². The van der Waals surface area contributed by atoms with Crippen LogP contribution < -0.4 is 4.90 Å². The first-order chi connectivity index (χ1) is 11.7. The van der Waals surface area contributed by atoms with Crippen LogP contribution in [-0.4, -0.2) is 48.0 Å². The Morgan fingerprint density at radius 3 is 2.08 bits per heavy atom. The van der Waals surface area contributed by atoms with Crippen molar-refractivity contribution in [3.63, 3.8) is 0 Å². The van der Waals surface area contributed by atoms with Gasteiger partial charge in [-0.3, -0.25) is 0 Å². The molecule has 0 aromatic carbocycles. The van der Waals surface area contributed by atoms with Gasteiger partial charge in [0.05, 0.1) is 17.8 Å². The number of hydrogen-bond acceptors (Lipinski definition) is 5. The molecule has 1 heterocycles. The van der Waals surface area contributed by atoms with Crippen molar-refractivity contribution in [3.8, 4) is 0 Å². The van der Waals surface area contributed by atoms with Gasteiger partial charge in [-0.1, -0.05) is 12.2 Å². The Balaban J connectivity index is 2.63. The molecule has 1 aromatic heterocycles. The lowest BCUT2D eigenvalue weighted by Gasteiger charge is -2.29. The van der Waals surface area contributed by atoms with Crippen LogP contribution in [0.5, 0.6) is 0 Å². The third-order valence-corrected chi connectivity index (χ3v) is 4.05. The lowest BCUT2D eigenvalue weighted by Crippen LogP contribution is -2.32. The summed E-state index contributed by atoms with van der Waals surface area (Å²) >= 11 is 0. The summed E-state index contributed by atoms with van der Waals surface area (Å²) in [6.07, 6.45) is 9.00. The number of aromatic nitrogens is 2. The van der Waals surface area contributed by atoms with Gasteiger partial charge in [0, 0.05) is 39.0 Å². The molecule has 0 saturated heterocycles. The van der Waals surface area contributed by atoms with Crippen LogP contribution in [0.1, 0.15) is 39.7 Å². The molecule has 0 N–H and O–H groups in total. The Morgan fingerprint density at radius 2 is 1.60 bits per heavy atom. The van der Waals surface area contributed by atoms with Crippen LogP contribution in [0.4, 0.5) is 5.95 Å². The first-order valence-corrected chi connectivity index (χ1v) is 8.70. The quantitative estimate of drug-likeness (QED) is 0.538. The van der Waals surface area contributed by atoms with Gasteiger partial charge in [0.2, 0.25) is 5.95 Å². The average Bonchev–Trinajstić information content (AvgIpc) is 2.54. The lowest BCUT2D eigenvalue weighted by molar-refractivity contribution is -0.0575. The van der Waals surface area contributed by atoms with E-state index in [4.69, 9.17) is 9.47 Å². The minimum atomic E-state index is -0.281. The second kappa shape index (κ2) is 9.68. The molecule has 1 rings (SSSR count). The second-order valence-electron chi connectivity index (χ2n) is 7.37. The predicted molar refractivity (Wildman–Crippen MR) is 104 cm³/mol. The van der Waals surface area contributed by atoms with Gasteiger partial charge < -0.3 is 14.4 Å². The van der Waals surface area contributed by atoms with Gasteiger partial charge in [-0.2, -0.15) is 0 Å². The normalized spacial score (nSPS) is 12.0. The summed E-state index contributed by atoms with van der Waals surface area (Å²) in [4.78, 5) is 11.0. The van der Waals surface area contributed by atoms with Crippen LogP contribution in [0, 0.1) is 0 Å². The van der Waals surface area contributed by atoms with Crippen molar-refractivity contribution < 1.29 is 9.47 Å². The summed E-state index contributed by atoms with van der Waals surface area (Å²) in [5.41, 5.74) is 0.605. The molecule has 0 aliphatic carbocycles. The van der Waals surface area contributed by atoms with Crippen LogP contribution in [0.15, 0.2) is 37.7 Å². The van der Waals surface area contributed by atoms with Crippen LogP contribution in [0.2, 0.25) is 0 Å². The SMILES string of the molecule is C=CCN(CC=C)c1ncc(CC(C)(C)OCCC(C)(C)OC)cn1. The van der Waals surface area contributed by atoms with E-state index in [1.165, 1.54) is 0 Å². The monoisotopic (exact) mass is 347 g/mol. The molecule has 25 heavy (non-hydrogen) atoms. The van der Waals surface area contributed by atoms with Gasteiger partial charge in [-0.05, 0) is 39.7 Å². The molecular weight excluding hydrogens is 314 g/mol. The molecule has 0 saturated carbocycles. The number of nitrogens with zero attached hydrogens (tertiary/aromatic N) is 3. The molecule has 0 radical (unpaired) electrons. The first kappa shape index (κ1) is 21.3. The average molecular weight is 348 g/mol. The molecule has 140 valence electrons. The van der Waals surface area contributed by atoms with Crippen molar-refractivity contribution in [2.24, 2.45) is 0 Å². The number of rotatable bonds is 12. The Kier molecular flexibility index (Phi) is 8.26. The van der Waals surface area contributed by atoms with E-state index >= 15 is 0 Å². The van der Waals surface area contributed by atoms with E-state index in [-0.39, 0.29) is 11.2 Å². The third kappa shape index (κ3) is 7.80. The van der Waals surface area contributed by atoms with E-state index < -0.39 is 0 Å². The highest BCUT2D eigenvalue weighted by Crippen LogP contribution is 2.20. The van der Waals surface area contributed by atoms with E-state index in [0.29, 0.717) is 25.6 Å². The molecule has 5 nitrogen and oxygen atoms in total. The van der Waals surface area contributed by atoms with Gasteiger partial charge in [-0.15, -0.1) is 13.2 Å². The zero-order valence-electron chi connectivity index (χ0n) is 16.4. The molecule has 1 aromatic rings. The molecule has 0 aliphatic rings. The van der Waals surface area contributed by atoms with E-state index in [0.717, 1.165) is 18.4 Å². The van der Waals surface area contributed by atoms with Crippen LogP contribution in [0.3, 0.4) is 0 Å². The predicted octanol–water partition coefficient (Wildman–Crippen LogP) is 3.81. The van der Waals surface area contributed by atoms with Crippen molar-refractivity contribution in [1.29, 1.82) is 0 Å². The Morgan fingerprint density at radius 1 is 1.04 bits per heavy atom. The smallest absolute Gasteiger partial charge is 0.225 e. The van der Waals surface area contributed by atoms with Crippen LogP contribution in [-0.2, 0) is 15.9 Å². The molecule has 0 bridgehead atoms. The molecule has 0 amide bonds. The highest BCUT2D eigenvalue weighted by Gasteiger charge is 2.22. The largest absolute Gasteiger partial charge is 0.379 e. The summed E-state index contributed by atoms with van der Waals surface area (Å²) in [5, 5.41) is 0. The Hall–Kier alpha value is -1.72. The number of ether oxygens (including phenoxy) is 2. The van der Waals surface area contributed by atoms with Gasteiger partial charge in [-0.25, -0.2) is 9.97 Å². The van der Waals surface area contributed by atoms with Crippen LogP contribution >= 0.6 is 0 Å². The zero-order valence-corrected chi connectivity index (χ0v) is 16.4. The van der Waals surface area contributed by atoms with Gasteiger partial charge in [0.15, 0.2) is 0 Å². The molecule has 5 heteroatoms. The maximum atomic E-state index is 6.05. The van der Waals surface area contributed by atoms with E-state index in [2.05, 4.69) is 50.8 Å². The number of methoxy groups -OCH3 is 1. The van der Waals surface area contributed by atoms with Gasteiger partial charge in [0.25, 0.3) is 0 Å². The molecule has 0 fully saturated rings. The minimum absolute atomic E-state index is 0.166. The number of hydrogen-bond donors (Lipinski definition) is 0. The molecular formula is C20H33N3O2. The van der Waals surface area contributed by atoms with E-state index in [1.54, 1.807) is 7.11 Å².